The van der Waals surface area contributed by atoms with E-state index in [4.69, 9.17) is 9.15 Å². The van der Waals surface area contributed by atoms with E-state index in [1.165, 1.54) is 12.0 Å². The van der Waals surface area contributed by atoms with Crippen molar-refractivity contribution < 1.29 is 23.8 Å². The van der Waals surface area contributed by atoms with Gasteiger partial charge in [0.15, 0.2) is 0 Å². The lowest BCUT2D eigenvalue weighted by molar-refractivity contribution is -0.136. The highest BCUT2D eigenvalue weighted by molar-refractivity contribution is 6.09. The highest BCUT2D eigenvalue weighted by atomic mass is 16.5. The number of ether oxygens (including phenoxy) is 1. The van der Waals surface area contributed by atoms with Crippen LogP contribution in [0.3, 0.4) is 0 Å². The number of amides is 1. The number of carbonyl (C=O) groups excluding carboxylic acids is 2. The second-order valence-corrected chi connectivity index (χ2v) is 6.79. The average molecular weight is 421 g/mol. The van der Waals surface area contributed by atoms with Crippen LogP contribution < -0.4 is 10.9 Å². The summed E-state index contributed by atoms with van der Waals surface area (Å²) in [7, 11) is 1.23. The molecule has 2 heterocycles. The van der Waals surface area contributed by atoms with Gasteiger partial charge in [0.05, 0.1) is 48.0 Å². The summed E-state index contributed by atoms with van der Waals surface area (Å²) < 4.78 is 10.2. The standard InChI is InChI=1S/C22H19N3O6/c1-30-21(28)15-12-25(10-11-26)20(27)18(15)23-16-8-4-2-6-13(16)19-24-17-9-5-3-7-14(17)22(29)31-19/h2-9,23,26H,10-12H2,1H3. The lowest BCUT2D eigenvalue weighted by Gasteiger charge is -2.15. The van der Waals surface area contributed by atoms with Crippen LogP contribution in [0.4, 0.5) is 5.69 Å². The Morgan fingerprint density at radius 2 is 1.94 bits per heavy atom. The predicted octanol–water partition coefficient (Wildman–Crippen LogP) is 1.53. The van der Waals surface area contributed by atoms with Crippen LogP contribution in [0.25, 0.3) is 22.4 Å². The minimum Gasteiger partial charge on any atom is -0.466 e. The smallest absolute Gasteiger partial charge is 0.347 e. The van der Waals surface area contributed by atoms with Gasteiger partial charge in [-0.2, -0.15) is 0 Å². The second-order valence-electron chi connectivity index (χ2n) is 6.79. The van der Waals surface area contributed by atoms with E-state index in [2.05, 4.69) is 10.3 Å². The van der Waals surface area contributed by atoms with E-state index in [0.29, 0.717) is 22.2 Å². The fraction of sp³-hybridized carbons (Fsp3) is 0.182. The number of rotatable bonds is 6. The zero-order valence-electron chi connectivity index (χ0n) is 16.6. The molecule has 1 aliphatic rings. The number of hydrogen-bond acceptors (Lipinski definition) is 8. The Hall–Kier alpha value is -3.98. The first-order valence-electron chi connectivity index (χ1n) is 9.51. The molecule has 1 aliphatic heterocycles. The Bertz CT molecular complexity index is 1260. The van der Waals surface area contributed by atoms with Crippen LogP contribution in [-0.2, 0) is 14.3 Å². The van der Waals surface area contributed by atoms with Crippen molar-refractivity contribution in [1.29, 1.82) is 0 Å². The molecule has 9 nitrogen and oxygen atoms in total. The molecule has 0 radical (unpaired) electrons. The maximum absolute atomic E-state index is 12.8. The van der Waals surface area contributed by atoms with Crippen LogP contribution >= 0.6 is 0 Å². The van der Waals surface area contributed by atoms with Crippen molar-refractivity contribution >= 4 is 28.5 Å². The molecule has 0 saturated carbocycles. The molecule has 0 fully saturated rings. The molecule has 4 rings (SSSR count). The van der Waals surface area contributed by atoms with E-state index in [1.807, 2.05) is 0 Å². The molecular weight excluding hydrogens is 402 g/mol. The molecule has 0 unspecified atom stereocenters. The molecule has 2 aromatic carbocycles. The number of fused-ring (bicyclic) bond motifs is 1. The first-order valence-corrected chi connectivity index (χ1v) is 9.51. The molecule has 31 heavy (non-hydrogen) atoms. The fourth-order valence-corrected chi connectivity index (χ4v) is 3.40. The number of nitrogens with zero attached hydrogens (tertiary/aromatic N) is 2. The molecular formula is C22H19N3O6. The first-order chi connectivity index (χ1) is 15.0. The molecule has 0 atom stereocenters. The third-order valence-electron chi connectivity index (χ3n) is 4.91. The van der Waals surface area contributed by atoms with Gasteiger partial charge >= 0.3 is 11.6 Å². The Morgan fingerprint density at radius 3 is 2.71 bits per heavy atom. The van der Waals surface area contributed by atoms with Gasteiger partial charge in [-0.05, 0) is 24.3 Å². The minimum absolute atomic E-state index is 0.0138. The molecule has 0 saturated heterocycles. The summed E-state index contributed by atoms with van der Waals surface area (Å²) in [5, 5.41) is 12.6. The van der Waals surface area contributed by atoms with Crippen LogP contribution in [0, 0.1) is 0 Å². The summed E-state index contributed by atoms with van der Waals surface area (Å²) >= 11 is 0. The van der Waals surface area contributed by atoms with E-state index >= 15 is 0 Å². The molecule has 158 valence electrons. The minimum atomic E-state index is -0.649. The normalized spacial score (nSPS) is 13.7. The molecule has 1 amide bonds. The molecule has 0 bridgehead atoms. The predicted molar refractivity (Wildman–Crippen MR) is 112 cm³/mol. The van der Waals surface area contributed by atoms with Gasteiger partial charge in [0.25, 0.3) is 5.91 Å². The van der Waals surface area contributed by atoms with Gasteiger partial charge in [0, 0.05) is 6.54 Å². The second kappa shape index (κ2) is 8.41. The summed E-state index contributed by atoms with van der Waals surface area (Å²) in [6, 6.07) is 13.7. The molecule has 1 aromatic heterocycles. The Kier molecular flexibility index (Phi) is 5.50. The van der Waals surface area contributed by atoms with Crippen LogP contribution in [-0.4, -0.2) is 53.7 Å². The van der Waals surface area contributed by atoms with Crippen LogP contribution in [0.5, 0.6) is 0 Å². The number of para-hydroxylation sites is 2. The van der Waals surface area contributed by atoms with E-state index in [1.54, 1.807) is 48.5 Å². The van der Waals surface area contributed by atoms with Gasteiger partial charge in [0.1, 0.15) is 5.70 Å². The lowest BCUT2D eigenvalue weighted by atomic mass is 10.1. The SMILES string of the molecule is COC(=O)C1=C(Nc2ccccc2-c2nc3ccccc3c(=O)o2)C(=O)N(CCO)C1. The third kappa shape index (κ3) is 3.78. The molecule has 2 N–H and O–H groups in total. The van der Waals surface area contributed by atoms with Gasteiger partial charge in [-0.1, -0.05) is 24.3 Å². The zero-order valence-corrected chi connectivity index (χ0v) is 16.6. The van der Waals surface area contributed by atoms with Gasteiger partial charge < -0.3 is 24.5 Å². The summed E-state index contributed by atoms with van der Waals surface area (Å²) in [4.78, 5) is 43.2. The summed E-state index contributed by atoms with van der Waals surface area (Å²) in [6.07, 6.45) is 0. The van der Waals surface area contributed by atoms with Crippen molar-refractivity contribution in [1.82, 2.24) is 9.88 Å². The van der Waals surface area contributed by atoms with E-state index < -0.39 is 17.5 Å². The third-order valence-corrected chi connectivity index (χ3v) is 4.91. The molecule has 0 spiro atoms. The Labute approximate surface area is 176 Å². The van der Waals surface area contributed by atoms with E-state index in [9.17, 15) is 19.5 Å². The van der Waals surface area contributed by atoms with Crippen molar-refractivity contribution in [2.24, 2.45) is 0 Å². The van der Waals surface area contributed by atoms with E-state index in [-0.39, 0.29) is 36.9 Å². The largest absolute Gasteiger partial charge is 0.466 e. The number of carbonyl (C=O) groups is 2. The van der Waals surface area contributed by atoms with Crippen molar-refractivity contribution in [3.63, 3.8) is 0 Å². The monoisotopic (exact) mass is 421 g/mol. The van der Waals surface area contributed by atoms with Crippen LogP contribution in [0.2, 0.25) is 0 Å². The van der Waals surface area contributed by atoms with Crippen molar-refractivity contribution in [3.05, 3.63) is 70.2 Å². The number of anilines is 1. The number of benzene rings is 2. The van der Waals surface area contributed by atoms with Crippen molar-refractivity contribution in [2.75, 3.05) is 32.1 Å². The quantitative estimate of drug-likeness (QED) is 0.575. The van der Waals surface area contributed by atoms with Crippen LogP contribution in [0.15, 0.2) is 69.0 Å². The highest BCUT2D eigenvalue weighted by Gasteiger charge is 2.34. The number of aliphatic hydroxyl groups excluding tert-OH is 1. The van der Waals surface area contributed by atoms with Gasteiger partial charge in [-0.25, -0.2) is 14.6 Å². The zero-order chi connectivity index (χ0) is 22.0. The molecule has 9 heteroatoms. The Balaban J connectivity index is 1.78. The maximum Gasteiger partial charge on any atom is 0.347 e. The van der Waals surface area contributed by atoms with Gasteiger partial charge in [-0.3, -0.25) is 4.79 Å². The van der Waals surface area contributed by atoms with E-state index in [0.717, 1.165) is 0 Å². The lowest BCUT2D eigenvalue weighted by Crippen LogP contribution is -2.31. The highest BCUT2D eigenvalue weighted by Crippen LogP contribution is 2.30. The number of esters is 1. The number of aromatic nitrogens is 1. The number of methoxy groups -OCH3 is 1. The Morgan fingerprint density at radius 1 is 1.19 bits per heavy atom. The molecule has 0 aliphatic carbocycles. The summed E-state index contributed by atoms with van der Waals surface area (Å²) in [5.41, 5.74) is 0.985. The van der Waals surface area contributed by atoms with Gasteiger partial charge in [0.2, 0.25) is 5.89 Å². The number of β-amino-alcohol motifs (C(OH)–C–C–N with tert-alkyl or cyclic N) is 1. The van der Waals surface area contributed by atoms with Crippen molar-refractivity contribution in [3.8, 4) is 11.5 Å². The summed E-state index contributed by atoms with van der Waals surface area (Å²) in [6.45, 7) is -0.149. The number of nitrogens with one attached hydrogen (secondary N) is 1. The number of aliphatic hydroxyl groups is 1. The molecule has 3 aromatic rings. The average Bonchev–Trinajstić information content (AvgIpc) is 3.09. The summed E-state index contributed by atoms with van der Waals surface area (Å²) in [5.74, 6) is -1.02. The van der Waals surface area contributed by atoms with Crippen LogP contribution in [0.1, 0.15) is 0 Å². The fourth-order valence-electron chi connectivity index (χ4n) is 3.40. The topological polar surface area (TPSA) is 122 Å². The number of hydrogen-bond donors (Lipinski definition) is 2. The maximum atomic E-state index is 12.8. The van der Waals surface area contributed by atoms with Crippen molar-refractivity contribution in [2.45, 2.75) is 0 Å². The van der Waals surface area contributed by atoms with Gasteiger partial charge in [-0.15, -0.1) is 0 Å². The first kappa shape index (κ1) is 20.3.